The molecule has 9 nitrogen and oxygen atoms in total. The zero-order chi connectivity index (χ0) is 28.6. The number of carbonyl (C=O) groups is 3. The van der Waals surface area contributed by atoms with Gasteiger partial charge in [-0.2, -0.15) is 0 Å². The summed E-state index contributed by atoms with van der Waals surface area (Å²) in [7, 11) is 1.62. The number of nitrogens with zero attached hydrogens (tertiary/aromatic N) is 3. The van der Waals surface area contributed by atoms with Gasteiger partial charge in [0.05, 0.1) is 24.9 Å². The Labute approximate surface area is 241 Å². The first-order chi connectivity index (χ1) is 20.0. The molecule has 0 radical (unpaired) electrons. The molecule has 3 aromatic carbocycles. The molecular formula is C32H37N5O4. The summed E-state index contributed by atoms with van der Waals surface area (Å²) in [6.45, 7) is 5.40. The van der Waals surface area contributed by atoms with E-state index < -0.39 is 0 Å². The second-order valence-corrected chi connectivity index (χ2v) is 10.3. The number of benzene rings is 3. The van der Waals surface area contributed by atoms with Gasteiger partial charge in [0.25, 0.3) is 11.8 Å². The molecule has 0 saturated carbocycles. The van der Waals surface area contributed by atoms with E-state index in [1.807, 2.05) is 64.4 Å². The van der Waals surface area contributed by atoms with E-state index in [-0.39, 0.29) is 17.7 Å². The smallest absolute Gasteiger partial charge is 0.255 e. The Bertz CT molecular complexity index is 1350. The number of nitrogens with one attached hydrogen (secondary N) is 2. The highest BCUT2D eigenvalue weighted by Crippen LogP contribution is 2.30. The van der Waals surface area contributed by atoms with Crippen LogP contribution in [0.25, 0.3) is 0 Å². The quantitative estimate of drug-likeness (QED) is 0.465. The van der Waals surface area contributed by atoms with Gasteiger partial charge in [0.2, 0.25) is 5.91 Å². The van der Waals surface area contributed by atoms with Crippen LogP contribution in [0.5, 0.6) is 5.75 Å². The molecule has 9 heteroatoms. The van der Waals surface area contributed by atoms with Crippen molar-refractivity contribution in [2.45, 2.75) is 12.8 Å². The summed E-state index contributed by atoms with van der Waals surface area (Å²) in [4.78, 5) is 45.4. The molecule has 0 unspecified atom stereocenters. The second-order valence-electron chi connectivity index (χ2n) is 10.3. The first-order valence-electron chi connectivity index (χ1n) is 14.2. The lowest BCUT2D eigenvalue weighted by molar-refractivity contribution is -0.130. The molecule has 2 N–H and O–H groups in total. The van der Waals surface area contributed by atoms with Crippen LogP contribution in [0.15, 0.2) is 72.8 Å². The van der Waals surface area contributed by atoms with Gasteiger partial charge in [-0.25, -0.2) is 0 Å². The van der Waals surface area contributed by atoms with Crippen LogP contribution < -0.4 is 20.3 Å². The van der Waals surface area contributed by atoms with Crippen LogP contribution in [0, 0.1) is 0 Å². The minimum atomic E-state index is -0.233. The number of methoxy groups -OCH3 is 1. The fourth-order valence-electron chi connectivity index (χ4n) is 5.29. The fraction of sp³-hybridized carbons (Fsp3) is 0.344. The van der Waals surface area contributed by atoms with Crippen LogP contribution in [0.3, 0.4) is 0 Å². The lowest BCUT2D eigenvalue weighted by atomic mass is 10.1. The van der Waals surface area contributed by atoms with E-state index in [9.17, 15) is 14.4 Å². The van der Waals surface area contributed by atoms with Gasteiger partial charge >= 0.3 is 0 Å². The number of anilines is 2. The summed E-state index contributed by atoms with van der Waals surface area (Å²) in [6.07, 6.45) is 1.24. The van der Waals surface area contributed by atoms with Crippen LogP contribution in [-0.2, 0) is 11.2 Å². The van der Waals surface area contributed by atoms with Crippen molar-refractivity contribution >= 4 is 29.1 Å². The Hall–Kier alpha value is -4.37. The maximum atomic E-state index is 13.4. The van der Waals surface area contributed by atoms with Gasteiger partial charge < -0.3 is 30.1 Å². The number of hydrogen-bond acceptors (Lipinski definition) is 6. The van der Waals surface area contributed by atoms with Crippen molar-refractivity contribution in [3.8, 4) is 5.75 Å². The summed E-state index contributed by atoms with van der Waals surface area (Å²) >= 11 is 0. The first-order valence-corrected chi connectivity index (χ1v) is 14.2. The molecule has 214 valence electrons. The van der Waals surface area contributed by atoms with Crippen molar-refractivity contribution in [2.75, 3.05) is 69.7 Å². The van der Waals surface area contributed by atoms with Gasteiger partial charge in [-0.15, -0.1) is 0 Å². The number of piperazine rings is 1. The van der Waals surface area contributed by atoms with Crippen molar-refractivity contribution < 1.29 is 19.1 Å². The zero-order valence-electron chi connectivity index (χ0n) is 23.5. The normalized spacial score (nSPS) is 15.7. The van der Waals surface area contributed by atoms with E-state index in [0.717, 1.165) is 36.5 Å². The molecule has 2 fully saturated rings. The number of hydrogen-bond donors (Lipinski definition) is 2. The Morgan fingerprint density at radius 1 is 0.805 bits per heavy atom. The Balaban J connectivity index is 1.31. The van der Waals surface area contributed by atoms with E-state index in [4.69, 9.17) is 4.74 Å². The lowest BCUT2D eigenvalue weighted by Crippen LogP contribution is -2.49. The minimum Gasteiger partial charge on any atom is -0.497 e. The predicted molar refractivity (Wildman–Crippen MR) is 160 cm³/mol. The molecule has 2 heterocycles. The van der Waals surface area contributed by atoms with Gasteiger partial charge in [-0.3, -0.25) is 14.4 Å². The average Bonchev–Trinajstić information content (AvgIpc) is 3.31. The highest BCUT2D eigenvalue weighted by atomic mass is 16.5. The average molecular weight is 556 g/mol. The lowest BCUT2D eigenvalue weighted by Gasteiger charge is -2.37. The molecule has 0 aliphatic carbocycles. The maximum absolute atomic E-state index is 13.4. The van der Waals surface area contributed by atoms with E-state index in [1.54, 1.807) is 25.3 Å². The summed E-state index contributed by atoms with van der Waals surface area (Å²) in [5, 5.41) is 6.39. The fourth-order valence-corrected chi connectivity index (χ4v) is 5.29. The Morgan fingerprint density at radius 2 is 1.56 bits per heavy atom. The summed E-state index contributed by atoms with van der Waals surface area (Å²) < 4.78 is 5.21. The summed E-state index contributed by atoms with van der Waals surface area (Å²) in [5.74, 6) is 0.578. The van der Waals surface area contributed by atoms with Gasteiger partial charge in [0.15, 0.2) is 0 Å². The molecule has 41 heavy (non-hydrogen) atoms. The van der Waals surface area contributed by atoms with Gasteiger partial charge in [0, 0.05) is 56.9 Å². The molecule has 3 amide bonds. The third kappa shape index (κ3) is 7.05. The van der Waals surface area contributed by atoms with E-state index >= 15 is 0 Å². The first kappa shape index (κ1) is 28.2. The number of amides is 3. The van der Waals surface area contributed by atoms with Crippen molar-refractivity contribution in [3.05, 3.63) is 89.5 Å². The third-order valence-corrected chi connectivity index (χ3v) is 7.64. The Morgan fingerprint density at radius 3 is 2.29 bits per heavy atom. The highest BCUT2D eigenvalue weighted by Gasteiger charge is 2.25. The molecule has 2 saturated heterocycles. The standard InChI is InChI=1S/C32H37N5O4/c1-41-27-11-8-24(9-12-27)22-30(38)36-20-18-35(19-21-36)29-13-10-26(32(40)37-16-5-14-33-15-17-37)23-28(29)34-31(39)25-6-3-2-4-7-25/h2-4,6-13,23,33H,5,14-22H2,1H3,(H,34,39). The van der Waals surface area contributed by atoms with Crippen molar-refractivity contribution in [1.29, 1.82) is 0 Å². The summed E-state index contributed by atoms with van der Waals surface area (Å²) in [5.41, 5.74) is 3.47. The number of ether oxygens (including phenoxy) is 1. The van der Waals surface area contributed by atoms with E-state index in [2.05, 4.69) is 15.5 Å². The van der Waals surface area contributed by atoms with Crippen LogP contribution in [-0.4, -0.2) is 87.0 Å². The third-order valence-electron chi connectivity index (χ3n) is 7.64. The predicted octanol–water partition coefficient (Wildman–Crippen LogP) is 3.27. The van der Waals surface area contributed by atoms with Gasteiger partial charge in [-0.05, 0) is 61.0 Å². The largest absolute Gasteiger partial charge is 0.497 e. The number of carbonyl (C=O) groups excluding carboxylic acids is 3. The molecule has 0 aromatic heterocycles. The summed E-state index contributed by atoms with van der Waals surface area (Å²) in [6, 6.07) is 22.2. The molecule has 0 bridgehead atoms. The molecule has 2 aliphatic heterocycles. The van der Waals surface area contributed by atoms with Crippen LogP contribution in [0.1, 0.15) is 32.7 Å². The van der Waals surface area contributed by atoms with Crippen LogP contribution in [0.2, 0.25) is 0 Å². The van der Waals surface area contributed by atoms with Crippen molar-refractivity contribution in [2.24, 2.45) is 0 Å². The molecule has 5 rings (SSSR count). The molecule has 0 atom stereocenters. The molecule has 2 aliphatic rings. The number of rotatable bonds is 7. The van der Waals surface area contributed by atoms with Gasteiger partial charge in [-0.1, -0.05) is 30.3 Å². The SMILES string of the molecule is COc1ccc(CC(=O)N2CCN(c3ccc(C(=O)N4CCCNCC4)cc3NC(=O)c3ccccc3)CC2)cc1. The Kier molecular flexibility index (Phi) is 9.15. The second kappa shape index (κ2) is 13.3. The topological polar surface area (TPSA) is 94.2 Å². The van der Waals surface area contributed by atoms with Crippen molar-refractivity contribution in [1.82, 2.24) is 15.1 Å². The minimum absolute atomic E-state index is 0.0376. The zero-order valence-corrected chi connectivity index (χ0v) is 23.5. The van der Waals surface area contributed by atoms with Crippen molar-refractivity contribution in [3.63, 3.8) is 0 Å². The van der Waals surface area contributed by atoms with E-state index in [1.165, 1.54) is 0 Å². The van der Waals surface area contributed by atoms with Crippen LogP contribution >= 0.6 is 0 Å². The van der Waals surface area contributed by atoms with Crippen LogP contribution in [0.4, 0.5) is 11.4 Å². The van der Waals surface area contributed by atoms with Gasteiger partial charge in [0.1, 0.15) is 5.75 Å². The molecule has 3 aromatic rings. The molecular weight excluding hydrogens is 518 g/mol. The highest BCUT2D eigenvalue weighted by molar-refractivity contribution is 6.07. The monoisotopic (exact) mass is 555 g/mol. The molecule has 0 spiro atoms. The van der Waals surface area contributed by atoms with E-state index in [0.29, 0.717) is 62.5 Å². The maximum Gasteiger partial charge on any atom is 0.255 e.